The highest BCUT2D eigenvalue weighted by atomic mass is 35.5. The number of hydrogen-bond acceptors (Lipinski definition) is 2. The van der Waals surface area contributed by atoms with Gasteiger partial charge in [-0.25, -0.2) is 4.79 Å². The number of benzene rings is 1. The third kappa shape index (κ3) is 3.01. The standard InChI is InChI=1S/C11H8ClF4NO3/c12-7-4-2-1-3-6(7)5-17-8(18)10(13,14)11(15,16)9(19)20/h1-4H,5H2,(H,17,18)(H,19,20). The first-order valence-corrected chi connectivity index (χ1v) is 5.49. The van der Waals surface area contributed by atoms with Crippen LogP contribution in [0.2, 0.25) is 5.02 Å². The van der Waals surface area contributed by atoms with Crippen molar-refractivity contribution in [3.05, 3.63) is 34.9 Å². The molecule has 2 N–H and O–H groups in total. The van der Waals surface area contributed by atoms with Crippen LogP contribution in [-0.2, 0) is 16.1 Å². The monoisotopic (exact) mass is 313 g/mol. The first-order chi connectivity index (χ1) is 9.10. The predicted octanol–water partition coefficient (Wildman–Crippen LogP) is 2.31. The summed E-state index contributed by atoms with van der Waals surface area (Å²) in [5, 5.41) is 9.69. The predicted molar refractivity (Wildman–Crippen MR) is 60.8 cm³/mol. The molecule has 9 heteroatoms. The fraction of sp³-hybridized carbons (Fsp3) is 0.273. The first kappa shape index (κ1) is 16.2. The zero-order chi connectivity index (χ0) is 15.6. The van der Waals surface area contributed by atoms with E-state index in [1.165, 1.54) is 23.5 Å². The maximum atomic E-state index is 13.1. The van der Waals surface area contributed by atoms with Crippen molar-refractivity contribution in [2.45, 2.75) is 18.4 Å². The number of carboxylic acid groups (broad SMARTS) is 1. The second-order valence-corrected chi connectivity index (χ2v) is 4.14. The lowest BCUT2D eigenvalue weighted by Crippen LogP contribution is -2.56. The van der Waals surface area contributed by atoms with Crippen molar-refractivity contribution in [3.63, 3.8) is 0 Å². The number of nitrogens with one attached hydrogen (secondary N) is 1. The highest BCUT2D eigenvalue weighted by Crippen LogP contribution is 2.34. The molecule has 0 aliphatic heterocycles. The van der Waals surface area contributed by atoms with Crippen molar-refractivity contribution >= 4 is 23.5 Å². The van der Waals surface area contributed by atoms with Gasteiger partial charge in [-0.2, -0.15) is 17.6 Å². The summed E-state index contributed by atoms with van der Waals surface area (Å²) in [4.78, 5) is 21.1. The van der Waals surface area contributed by atoms with Gasteiger partial charge in [-0.15, -0.1) is 0 Å². The summed E-state index contributed by atoms with van der Waals surface area (Å²) in [6, 6.07) is 5.83. The molecule has 110 valence electrons. The molecule has 1 aromatic carbocycles. The molecule has 0 saturated carbocycles. The maximum Gasteiger partial charge on any atom is 0.413 e. The van der Waals surface area contributed by atoms with Crippen molar-refractivity contribution in [3.8, 4) is 0 Å². The summed E-state index contributed by atoms with van der Waals surface area (Å²) in [5.41, 5.74) is 0.219. The number of hydrogen-bond donors (Lipinski definition) is 2. The third-order valence-electron chi connectivity index (χ3n) is 2.35. The first-order valence-electron chi connectivity index (χ1n) is 5.11. The van der Waals surface area contributed by atoms with Crippen LogP contribution in [0.1, 0.15) is 5.56 Å². The Balaban J connectivity index is 2.81. The van der Waals surface area contributed by atoms with Gasteiger partial charge < -0.3 is 10.4 Å². The van der Waals surface area contributed by atoms with E-state index in [1.54, 1.807) is 6.07 Å². The molecular weight excluding hydrogens is 306 g/mol. The zero-order valence-electron chi connectivity index (χ0n) is 9.67. The third-order valence-corrected chi connectivity index (χ3v) is 2.71. The highest BCUT2D eigenvalue weighted by Gasteiger charge is 2.67. The lowest BCUT2D eigenvalue weighted by Gasteiger charge is -2.21. The van der Waals surface area contributed by atoms with Gasteiger partial charge in [0.2, 0.25) is 0 Å². The quantitative estimate of drug-likeness (QED) is 0.820. The topological polar surface area (TPSA) is 66.4 Å². The van der Waals surface area contributed by atoms with E-state index < -0.39 is 30.3 Å². The average Bonchev–Trinajstić information content (AvgIpc) is 2.36. The van der Waals surface area contributed by atoms with Gasteiger partial charge in [0.1, 0.15) is 0 Å². The van der Waals surface area contributed by atoms with Gasteiger partial charge in [0.05, 0.1) is 0 Å². The lowest BCUT2D eigenvalue weighted by atomic mass is 10.1. The molecular formula is C11H8ClF4NO3. The van der Waals surface area contributed by atoms with Crippen molar-refractivity contribution in [1.29, 1.82) is 0 Å². The van der Waals surface area contributed by atoms with Crippen LogP contribution in [0.25, 0.3) is 0 Å². The molecule has 1 amide bonds. The van der Waals surface area contributed by atoms with Crippen LogP contribution in [0.15, 0.2) is 24.3 Å². The molecule has 4 nitrogen and oxygen atoms in total. The SMILES string of the molecule is O=C(O)C(F)(F)C(F)(F)C(=O)NCc1ccccc1Cl. The normalized spacial score (nSPS) is 12.1. The molecule has 20 heavy (non-hydrogen) atoms. The Morgan fingerprint density at radius 1 is 1.15 bits per heavy atom. The van der Waals surface area contributed by atoms with E-state index >= 15 is 0 Å². The molecule has 0 aliphatic rings. The molecule has 0 fully saturated rings. The second-order valence-electron chi connectivity index (χ2n) is 3.73. The van der Waals surface area contributed by atoms with Crippen molar-refractivity contribution in [1.82, 2.24) is 5.32 Å². The van der Waals surface area contributed by atoms with Crippen LogP contribution in [-0.4, -0.2) is 28.8 Å². The molecule has 0 atom stereocenters. The molecule has 0 aromatic heterocycles. The summed E-state index contributed by atoms with van der Waals surface area (Å²) < 4.78 is 51.6. The molecule has 0 aliphatic carbocycles. The summed E-state index contributed by atoms with van der Waals surface area (Å²) >= 11 is 5.68. The minimum atomic E-state index is -5.50. The Labute approximate surface area is 115 Å². The van der Waals surface area contributed by atoms with E-state index in [0.717, 1.165) is 0 Å². The van der Waals surface area contributed by atoms with Gasteiger partial charge in [-0.3, -0.25) is 4.79 Å². The number of aliphatic carboxylic acids is 1. The Morgan fingerprint density at radius 3 is 2.20 bits per heavy atom. The molecule has 0 unspecified atom stereocenters. The van der Waals surface area contributed by atoms with E-state index in [4.69, 9.17) is 16.7 Å². The van der Waals surface area contributed by atoms with E-state index in [1.807, 2.05) is 0 Å². The van der Waals surface area contributed by atoms with Gasteiger partial charge >= 0.3 is 17.8 Å². The summed E-state index contributed by atoms with van der Waals surface area (Å²) in [6.07, 6.45) is 0. The van der Waals surface area contributed by atoms with Gasteiger partial charge in [0, 0.05) is 11.6 Å². The van der Waals surface area contributed by atoms with Crippen molar-refractivity contribution < 1.29 is 32.3 Å². The summed E-state index contributed by atoms with van der Waals surface area (Å²) in [5.74, 6) is -16.4. The fourth-order valence-corrected chi connectivity index (χ4v) is 1.41. The molecule has 0 heterocycles. The number of alkyl halides is 4. The molecule has 0 spiro atoms. The van der Waals surface area contributed by atoms with Crippen molar-refractivity contribution in [2.24, 2.45) is 0 Å². The Kier molecular flexibility index (Phi) is 4.59. The maximum absolute atomic E-state index is 13.1. The minimum absolute atomic E-state index is 0.140. The van der Waals surface area contributed by atoms with E-state index in [0.29, 0.717) is 0 Å². The van der Waals surface area contributed by atoms with Crippen LogP contribution in [0.5, 0.6) is 0 Å². The van der Waals surface area contributed by atoms with Crippen LogP contribution in [0.3, 0.4) is 0 Å². The number of carboxylic acids is 1. The van der Waals surface area contributed by atoms with Gasteiger partial charge in [-0.05, 0) is 11.6 Å². The number of rotatable bonds is 5. The highest BCUT2D eigenvalue weighted by molar-refractivity contribution is 6.31. The molecule has 0 bridgehead atoms. The molecule has 1 aromatic rings. The van der Waals surface area contributed by atoms with Gasteiger partial charge in [0.15, 0.2) is 0 Å². The number of amides is 1. The fourth-order valence-electron chi connectivity index (χ4n) is 1.21. The van der Waals surface area contributed by atoms with E-state index in [9.17, 15) is 27.2 Å². The second kappa shape index (κ2) is 5.66. The molecule has 1 rings (SSSR count). The zero-order valence-corrected chi connectivity index (χ0v) is 10.4. The summed E-state index contributed by atoms with van der Waals surface area (Å²) in [7, 11) is 0. The largest absolute Gasteiger partial charge is 0.477 e. The minimum Gasteiger partial charge on any atom is -0.477 e. The molecule has 0 saturated heterocycles. The van der Waals surface area contributed by atoms with E-state index in [2.05, 4.69) is 0 Å². The van der Waals surface area contributed by atoms with Crippen LogP contribution >= 0.6 is 11.6 Å². The Bertz CT molecular complexity index is 536. The van der Waals surface area contributed by atoms with Crippen LogP contribution < -0.4 is 5.32 Å². The van der Waals surface area contributed by atoms with Gasteiger partial charge in [0.25, 0.3) is 5.91 Å². The Morgan fingerprint density at radius 2 is 1.70 bits per heavy atom. The Hall–Kier alpha value is -1.83. The van der Waals surface area contributed by atoms with Crippen LogP contribution in [0.4, 0.5) is 17.6 Å². The van der Waals surface area contributed by atoms with Gasteiger partial charge in [-0.1, -0.05) is 29.8 Å². The number of halogens is 5. The smallest absolute Gasteiger partial charge is 0.413 e. The number of carbonyl (C=O) groups excluding carboxylic acids is 1. The van der Waals surface area contributed by atoms with E-state index in [-0.39, 0.29) is 10.6 Å². The number of carbonyl (C=O) groups is 2. The lowest BCUT2D eigenvalue weighted by molar-refractivity contribution is -0.222. The average molecular weight is 314 g/mol. The van der Waals surface area contributed by atoms with Crippen LogP contribution in [0, 0.1) is 0 Å². The molecule has 0 radical (unpaired) electrons. The van der Waals surface area contributed by atoms with Crippen molar-refractivity contribution in [2.75, 3.05) is 0 Å². The summed E-state index contributed by atoms with van der Waals surface area (Å²) in [6.45, 7) is -0.538.